The maximum Gasteiger partial charge on any atom is 0.246 e. The summed E-state index contributed by atoms with van der Waals surface area (Å²) >= 11 is 0. The number of rotatable bonds is 5. The Morgan fingerprint density at radius 2 is 1.86 bits per heavy atom. The van der Waals surface area contributed by atoms with Gasteiger partial charge in [-0.15, -0.1) is 0 Å². The Morgan fingerprint density at radius 3 is 2.46 bits per heavy atom. The standard InChI is InChI=1S/C18H24N6O3S/c1-11(2)24-10-16(25)23(4)15-9-20-18(22-17(15)24)21-13-6-12(19-3)7-14(8-13)28(5,26)27/h6-9,11,19H,10H2,1-5H3,(H,20,21,22). The molecule has 0 fully saturated rings. The number of amides is 1. The van der Waals surface area contributed by atoms with Crippen LogP contribution in [-0.4, -0.2) is 57.2 Å². The first-order valence-corrected chi connectivity index (χ1v) is 10.7. The fourth-order valence-corrected chi connectivity index (χ4v) is 3.60. The van der Waals surface area contributed by atoms with E-state index in [1.807, 2.05) is 18.7 Å². The van der Waals surface area contributed by atoms with Gasteiger partial charge in [-0.3, -0.25) is 4.79 Å². The molecule has 1 amide bonds. The molecule has 2 heterocycles. The van der Waals surface area contributed by atoms with E-state index in [0.717, 1.165) is 6.26 Å². The van der Waals surface area contributed by atoms with Gasteiger partial charge in [0.05, 0.1) is 17.6 Å². The van der Waals surface area contributed by atoms with Crippen molar-refractivity contribution in [2.24, 2.45) is 0 Å². The third-order valence-corrected chi connectivity index (χ3v) is 5.66. The van der Waals surface area contributed by atoms with Crippen molar-refractivity contribution in [2.75, 3.05) is 47.3 Å². The lowest BCUT2D eigenvalue weighted by Gasteiger charge is -2.36. The molecule has 1 aromatic carbocycles. The van der Waals surface area contributed by atoms with Gasteiger partial charge in [0.2, 0.25) is 11.9 Å². The summed E-state index contributed by atoms with van der Waals surface area (Å²) in [5, 5.41) is 6.02. The van der Waals surface area contributed by atoms with Crippen LogP contribution in [0.1, 0.15) is 13.8 Å². The fraction of sp³-hybridized carbons (Fsp3) is 0.389. The summed E-state index contributed by atoms with van der Waals surface area (Å²) in [6.07, 6.45) is 2.75. The highest BCUT2D eigenvalue weighted by Crippen LogP contribution is 2.33. The number of likely N-dealkylation sites (N-methyl/N-ethyl adjacent to an activating group) is 1. The van der Waals surface area contributed by atoms with Crippen molar-refractivity contribution in [1.82, 2.24) is 9.97 Å². The second-order valence-electron chi connectivity index (χ2n) is 6.97. The highest BCUT2D eigenvalue weighted by molar-refractivity contribution is 7.90. The highest BCUT2D eigenvalue weighted by Gasteiger charge is 2.30. The third kappa shape index (κ3) is 3.86. The number of nitrogens with one attached hydrogen (secondary N) is 2. The lowest BCUT2D eigenvalue weighted by Crippen LogP contribution is -2.47. The van der Waals surface area contributed by atoms with Gasteiger partial charge >= 0.3 is 0 Å². The lowest BCUT2D eigenvalue weighted by atomic mass is 10.2. The molecular formula is C18H24N6O3S. The number of hydrogen-bond acceptors (Lipinski definition) is 8. The molecule has 0 atom stereocenters. The van der Waals surface area contributed by atoms with Crippen molar-refractivity contribution in [3.63, 3.8) is 0 Å². The Balaban J connectivity index is 2.01. The minimum absolute atomic E-state index is 0.0231. The minimum atomic E-state index is -3.37. The first-order valence-electron chi connectivity index (χ1n) is 8.80. The van der Waals surface area contributed by atoms with Crippen LogP contribution in [0.4, 0.5) is 28.8 Å². The van der Waals surface area contributed by atoms with Gasteiger partial charge in [0.15, 0.2) is 15.7 Å². The summed E-state index contributed by atoms with van der Waals surface area (Å²) in [5.74, 6) is 0.951. The summed E-state index contributed by atoms with van der Waals surface area (Å²) in [7, 11) is 0.0435. The number of aromatic nitrogens is 2. The zero-order valence-corrected chi connectivity index (χ0v) is 17.3. The number of anilines is 5. The van der Waals surface area contributed by atoms with Crippen LogP contribution in [0.2, 0.25) is 0 Å². The predicted octanol–water partition coefficient (Wildman–Crippen LogP) is 1.86. The predicted molar refractivity (Wildman–Crippen MR) is 110 cm³/mol. The zero-order chi connectivity index (χ0) is 20.6. The molecular weight excluding hydrogens is 380 g/mol. The summed E-state index contributed by atoms with van der Waals surface area (Å²) < 4.78 is 23.9. The molecule has 1 aliphatic heterocycles. The molecule has 2 N–H and O–H groups in total. The van der Waals surface area contributed by atoms with E-state index in [2.05, 4.69) is 20.6 Å². The molecule has 0 spiro atoms. The molecule has 0 aliphatic carbocycles. The summed E-state index contributed by atoms with van der Waals surface area (Å²) in [5.41, 5.74) is 1.83. The number of hydrogen-bond donors (Lipinski definition) is 2. The van der Waals surface area contributed by atoms with Gasteiger partial charge in [0.25, 0.3) is 0 Å². The van der Waals surface area contributed by atoms with Crippen molar-refractivity contribution in [3.05, 3.63) is 24.4 Å². The molecule has 1 aliphatic rings. The number of carbonyl (C=O) groups is 1. The van der Waals surface area contributed by atoms with Gasteiger partial charge in [-0.2, -0.15) is 4.98 Å². The van der Waals surface area contributed by atoms with Crippen molar-refractivity contribution in [3.8, 4) is 0 Å². The van der Waals surface area contributed by atoms with Crippen LogP contribution >= 0.6 is 0 Å². The minimum Gasteiger partial charge on any atom is -0.388 e. The van der Waals surface area contributed by atoms with E-state index in [4.69, 9.17) is 0 Å². The van der Waals surface area contributed by atoms with E-state index < -0.39 is 9.84 Å². The molecule has 2 aromatic rings. The van der Waals surface area contributed by atoms with Crippen molar-refractivity contribution in [1.29, 1.82) is 0 Å². The van der Waals surface area contributed by atoms with E-state index in [-0.39, 0.29) is 23.4 Å². The Labute approximate surface area is 164 Å². The molecule has 0 unspecified atom stereocenters. The molecule has 0 saturated heterocycles. The van der Waals surface area contributed by atoms with Crippen molar-refractivity contribution < 1.29 is 13.2 Å². The van der Waals surface area contributed by atoms with Gasteiger partial charge in [-0.1, -0.05) is 0 Å². The van der Waals surface area contributed by atoms with Crippen LogP contribution in [-0.2, 0) is 14.6 Å². The largest absolute Gasteiger partial charge is 0.388 e. The van der Waals surface area contributed by atoms with Crippen LogP contribution in [0.15, 0.2) is 29.3 Å². The first kappa shape index (κ1) is 19.9. The van der Waals surface area contributed by atoms with Crippen LogP contribution in [0, 0.1) is 0 Å². The highest BCUT2D eigenvalue weighted by atomic mass is 32.2. The molecule has 9 nitrogen and oxygen atoms in total. The lowest BCUT2D eigenvalue weighted by molar-refractivity contribution is -0.117. The van der Waals surface area contributed by atoms with Gasteiger partial charge in [0, 0.05) is 37.8 Å². The van der Waals surface area contributed by atoms with E-state index in [0.29, 0.717) is 28.8 Å². The van der Waals surface area contributed by atoms with Crippen LogP contribution in [0.5, 0.6) is 0 Å². The number of benzene rings is 1. The van der Waals surface area contributed by atoms with Gasteiger partial charge in [0.1, 0.15) is 5.69 Å². The van der Waals surface area contributed by atoms with E-state index in [9.17, 15) is 13.2 Å². The van der Waals surface area contributed by atoms with Crippen LogP contribution in [0.3, 0.4) is 0 Å². The molecule has 0 saturated carbocycles. The SMILES string of the molecule is CNc1cc(Nc2ncc3c(n2)N(C(C)C)CC(=O)N3C)cc(S(C)(=O)=O)c1. The third-order valence-electron chi connectivity index (χ3n) is 4.57. The van der Waals surface area contributed by atoms with Gasteiger partial charge < -0.3 is 20.4 Å². The second-order valence-corrected chi connectivity index (χ2v) is 8.99. The quantitative estimate of drug-likeness (QED) is 0.778. The van der Waals surface area contributed by atoms with Crippen LogP contribution < -0.4 is 20.4 Å². The molecule has 1 aromatic heterocycles. The van der Waals surface area contributed by atoms with Crippen molar-refractivity contribution >= 4 is 44.6 Å². The molecule has 0 radical (unpaired) electrons. The van der Waals surface area contributed by atoms with Crippen LogP contribution in [0.25, 0.3) is 0 Å². The maximum atomic E-state index is 12.2. The average molecular weight is 404 g/mol. The number of sulfone groups is 1. The topological polar surface area (TPSA) is 108 Å². The maximum absolute atomic E-state index is 12.2. The Bertz CT molecular complexity index is 1020. The molecule has 150 valence electrons. The molecule has 0 bridgehead atoms. The smallest absolute Gasteiger partial charge is 0.246 e. The monoisotopic (exact) mass is 404 g/mol. The summed E-state index contributed by atoms with van der Waals surface area (Å²) in [6.45, 7) is 4.23. The Morgan fingerprint density at radius 1 is 1.18 bits per heavy atom. The molecule has 28 heavy (non-hydrogen) atoms. The Hall–Kier alpha value is -2.88. The number of fused-ring (bicyclic) bond motifs is 1. The van der Waals surface area contributed by atoms with E-state index in [1.165, 1.54) is 6.07 Å². The number of nitrogens with zero attached hydrogens (tertiary/aromatic N) is 4. The molecule has 3 rings (SSSR count). The fourth-order valence-electron chi connectivity index (χ4n) is 2.92. The van der Waals surface area contributed by atoms with E-state index in [1.54, 1.807) is 37.3 Å². The van der Waals surface area contributed by atoms with E-state index >= 15 is 0 Å². The first-order chi connectivity index (χ1) is 13.1. The normalized spacial score (nSPS) is 14.3. The van der Waals surface area contributed by atoms with Gasteiger partial charge in [-0.25, -0.2) is 13.4 Å². The molecule has 10 heteroatoms. The zero-order valence-electron chi connectivity index (χ0n) is 16.5. The van der Waals surface area contributed by atoms with Gasteiger partial charge in [-0.05, 0) is 32.0 Å². The second kappa shape index (κ2) is 7.27. The summed E-state index contributed by atoms with van der Waals surface area (Å²) in [6, 6.07) is 4.96. The average Bonchev–Trinajstić information content (AvgIpc) is 2.63. The number of carbonyl (C=O) groups excluding carboxylic acids is 1. The Kier molecular flexibility index (Phi) is 5.16. The van der Waals surface area contributed by atoms with Crippen molar-refractivity contribution in [2.45, 2.75) is 24.8 Å². The summed E-state index contributed by atoms with van der Waals surface area (Å²) in [4.78, 5) is 24.7.